The number of nitrogens with zero attached hydrogens (tertiary/aromatic N) is 1. The molecule has 0 bridgehead atoms. The van der Waals surface area contributed by atoms with Crippen molar-refractivity contribution in [1.29, 1.82) is 0 Å². The lowest BCUT2D eigenvalue weighted by Gasteiger charge is -2.36. The monoisotopic (exact) mass is 399 g/mol. The van der Waals surface area contributed by atoms with Crippen LogP contribution in [0.25, 0.3) is 0 Å². The SMILES string of the molecule is COC(=O)[C@@H]1[C@H](c2ccco2)[C@@H](C(C)=O)[C@H]2c3cc(OC)c(OC)cc3CCN12. The molecule has 29 heavy (non-hydrogen) atoms. The highest BCUT2D eigenvalue weighted by molar-refractivity contribution is 5.86. The predicted octanol–water partition coefficient (Wildman–Crippen LogP) is 2.74. The number of carbonyl (C=O) groups is 2. The standard InChI is InChI=1S/C22H25NO6/c1-12(24)18-19(15-6-5-9-29-15)21(22(25)28-4)23-8-7-13-10-16(26-2)17(27-3)11-14(13)20(18)23/h5-6,9-11,18-21H,7-8H2,1-4H3/t18-,19-,20-,21+/m1/s1. The third-order valence-electron chi connectivity index (χ3n) is 6.17. The number of fused-ring (bicyclic) bond motifs is 3. The number of benzene rings is 1. The van der Waals surface area contributed by atoms with E-state index in [0.29, 0.717) is 23.8 Å². The van der Waals surface area contributed by atoms with Crippen LogP contribution in [0.2, 0.25) is 0 Å². The van der Waals surface area contributed by atoms with E-state index in [4.69, 9.17) is 18.6 Å². The molecule has 0 saturated carbocycles. The molecule has 2 aromatic rings. The van der Waals surface area contributed by atoms with E-state index in [2.05, 4.69) is 4.90 Å². The Morgan fingerprint density at radius 1 is 1.14 bits per heavy atom. The largest absolute Gasteiger partial charge is 0.493 e. The molecule has 7 nitrogen and oxygen atoms in total. The lowest BCUT2D eigenvalue weighted by atomic mass is 9.79. The molecule has 2 aliphatic rings. The summed E-state index contributed by atoms with van der Waals surface area (Å²) in [5.74, 6) is 0.675. The highest BCUT2D eigenvalue weighted by atomic mass is 16.5. The second-order valence-corrected chi connectivity index (χ2v) is 7.48. The second kappa shape index (κ2) is 7.55. The Hall–Kier alpha value is -2.80. The van der Waals surface area contributed by atoms with E-state index in [1.165, 1.54) is 7.11 Å². The van der Waals surface area contributed by atoms with Gasteiger partial charge in [-0.3, -0.25) is 14.5 Å². The second-order valence-electron chi connectivity index (χ2n) is 7.48. The minimum absolute atomic E-state index is 0.00966. The average molecular weight is 399 g/mol. The zero-order valence-corrected chi connectivity index (χ0v) is 17.0. The summed E-state index contributed by atoms with van der Waals surface area (Å²) in [6.07, 6.45) is 2.30. The number of furan rings is 1. The molecule has 7 heteroatoms. The number of Topliss-reactive ketones (excluding diaryl/α,β-unsaturated/α-hetero) is 1. The molecule has 4 atom stereocenters. The first kappa shape index (κ1) is 19.5. The molecule has 0 spiro atoms. The van der Waals surface area contributed by atoms with Gasteiger partial charge in [0.1, 0.15) is 17.6 Å². The number of methoxy groups -OCH3 is 3. The van der Waals surface area contributed by atoms with E-state index >= 15 is 0 Å². The number of hydrogen-bond donors (Lipinski definition) is 0. The predicted molar refractivity (Wildman–Crippen MR) is 104 cm³/mol. The zero-order valence-electron chi connectivity index (χ0n) is 17.0. The molecule has 1 saturated heterocycles. The van der Waals surface area contributed by atoms with Gasteiger partial charge in [0.15, 0.2) is 11.5 Å². The van der Waals surface area contributed by atoms with Crippen LogP contribution in [0, 0.1) is 5.92 Å². The molecule has 0 amide bonds. The summed E-state index contributed by atoms with van der Waals surface area (Å²) < 4.78 is 21.8. The number of carbonyl (C=O) groups excluding carboxylic acids is 2. The first-order chi connectivity index (χ1) is 14.0. The number of ketones is 1. The van der Waals surface area contributed by atoms with Gasteiger partial charge in [-0.1, -0.05) is 0 Å². The molecule has 154 valence electrons. The molecular formula is C22H25NO6. The van der Waals surface area contributed by atoms with Crippen molar-refractivity contribution < 1.29 is 28.2 Å². The van der Waals surface area contributed by atoms with Gasteiger partial charge in [0, 0.05) is 18.5 Å². The van der Waals surface area contributed by atoms with Crippen molar-refractivity contribution in [3.63, 3.8) is 0 Å². The summed E-state index contributed by atoms with van der Waals surface area (Å²) in [6.45, 7) is 2.21. The third-order valence-corrected chi connectivity index (χ3v) is 6.17. The van der Waals surface area contributed by atoms with Crippen LogP contribution in [0.5, 0.6) is 11.5 Å². The maximum atomic E-state index is 12.9. The van der Waals surface area contributed by atoms with Gasteiger partial charge in [0.2, 0.25) is 0 Å². The first-order valence-electron chi connectivity index (χ1n) is 9.64. The van der Waals surface area contributed by atoms with E-state index in [0.717, 1.165) is 17.5 Å². The molecule has 3 heterocycles. The fourth-order valence-electron chi connectivity index (χ4n) is 5.00. The number of hydrogen-bond acceptors (Lipinski definition) is 7. The fourth-order valence-corrected chi connectivity index (χ4v) is 5.00. The third kappa shape index (κ3) is 3.00. The van der Waals surface area contributed by atoms with Crippen molar-refractivity contribution in [1.82, 2.24) is 4.90 Å². The van der Waals surface area contributed by atoms with Crippen LogP contribution in [0.15, 0.2) is 34.9 Å². The van der Waals surface area contributed by atoms with Crippen molar-refractivity contribution in [2.24, 2.45) is 5.92 Å². The Kier molecular flexibility index (Phi) is 5.08. The first-order valence-corrected chi connectivity index (χ1v) is 9.64. The highest BCUT2D eigenvalue weighted by Gasteiger charge is 2.57. The Balaban J connectivity index is 1.90. The van der Waals surface area contributed by atoms with Gasteiger partial charge in [0.05, 0.1) is 33.5 Å². The van der Waals surface area contributed by atoms with E-state index in [1.54, 1.807) is 33.5 Å². The van der Waals surface area contributed by atoms with Gasteiger partial charge in [-0.25, -0.2) is 0 Å². The molecule has 4 rings (SSSR count). The van der Waals surface area contributed by atoms with Crippen LogP contribution in [0.4, 0.5) is 0 Å². The van der Waals surface area contributed by atoms with Gasteiger partial charge in [-0.05, 0) is 48.7 Å². The Bertz CT molecular complexity index is 922. The van der Waals surface area contributed by atoms with Crippen molar-refractivity contribution in [3.05, 3.63) is 47.4 Å². The summed E-state index contributed by atoms with van der Waals surface area (Å²) in [4.78, 5) is 27.8. The molecule has 1 aromatic heterocycles. The number of ether oxygens (including phenoxy) is 3. The van der Waals surface area contributed by atoms with Crippen molar-refractivity contribution in [2.75, 3.05) is 27.9 Å². The van der Waals surface area contributed by atoms with Crippen LogP contribution < -0.4 is 9.47 Å². The average Bonchev–Trinajstić information content (AvgIpc) is 3.37. The van der Waals surface area contributed by atoms with Gasteiger partial charge < -0.3 is 18.6 Å². The molecule has 0 aliphatic carbocycles. The van der Waals surface area contributed by atoms with Crippen LogP contribution in [-0.2, 0) is 20.7 Å². The molecule has 1 fully saturated rings. The van der Waals surface area contributed by atoms with Gasteiger partial charge in [-0.15, -0.1) is 0 Å². The van der Waals surface area contributed by atoms with Gasteiger partial charge in [-0.2, -0.15) is 0 Å². The highest BCUT2D eigenvalue weighted by Crippen LogP contribution is 2.54. The molecule has 0 unspecified atom stereocenters. The maximum Gasteiger partial charge on any atom is 0.323 e. The Labute approximate surface area is 169 Å². The van der Waals surface area contributed by atoms with Gasteiger partial charge in [0.25, 0.3) is 0 Å². The Morgan fingerprint density at radius 3 is 2.45 bits per heavy atom. The van der Waals surface area contributed by atoms with Crippen LogP contribution >= 0.6 is 0 Å². The summed E-state index contributed by atoms with van der Waals surface area (Å²) in [5, 5.41) is 0. The topological polar surface area (TPSA) is 78.2 Å². The van der Waals surface area contributed by atoms with E-state index < -0.39 is 17.9 Å². The summed E-state index contributed by atoms with van der Waals surface area (Å²) >= 11 is 0. The summed E-state index contributed by atoms with van der Waals surface area (Å²) in [7, 11) is 4.57. The van der Waals surface area contributed by atoms with Gasteiger partial charge >= 0.3 is 5.97 Å². The normalized spacial score (nSPS) is 25.8. The molecule has 2 aliphatic heterocycles. The van der Waals surface area contributed by atoms with E-state index in [9.17, 15) is 9.59 Å². The molecule has 0 N–H and O–H groups in total. The lowest BCUT2D eigenvalue weighted by molar-refractivity contribution is -0.147. The zero-order chi connectivity index (χ0) is 20.7. The Morgan fingerprint density at radius 2 is 1.86 bits per heavy atom. The summed E-state index contributed by atoms with van der Waals surface area (Å²) in [6, 6.07) is 6.64. The minimum atomic E-state index is -0.591. The fraction of sp³-hybridized carbons (Fsp3) is 0.455. The van der Waals surface area contributed by atoms with E-state index in [-0.39, 0.29) is 17.8 Å². The smallest absolute Gasteiger partial charge is 0.323 e. The quantitative estimate of drug-likeness (QED) is 0.716. The van der Waals surface area contributed by atoms with Crippen molar-refractivity contribution in [2.45, 2.75) is 31.3 Å². The summed E-state index contributed by atoms with van der Waals surface area (Å²) in [5.41, 5.74) is 2.08. The van der Waals surface area contributed by atoms with Crippen LogP contribution in [0.3, 0.4) is 0 Å². The molecular weight excluding hydrogens is 374 g/mol. The van der Waals surface area contributed by atoms with Crippen molar-refractivity contribution >= 4 is 11.8 Å². The number of rotatable bonds is 5. The minimum Gasteiger partial charge on any atom is -0.493 e. The molecule has 0 radical (unpaired) electrons. The maximum absolute atomic E-state index is 12.9. The number of esters is 1. The lowest BCUT2D eigenvalue weighted by Crippen LogP contribution is -2.43. The van der Waals surface area contributed by atoms with E-state index in [1.807, 2.05) is 18.2 Å². The van der Waals surface area contributed by atoms with Crippen molar-refractivity contribution in [3.8, 4) is 11.5 Å². The molecule has 1 aromatic carbocycles. The van der Waals surface area contributed by atoms with Crippen LogP contribution in [0.1, 0.15) is 35.8 Å². The van der Waals surface area contributed by atoms with Crippen LogP contribution in [-0.4, -0.2) is 50.6 Å².